The molecule has 0 unspecified atom stereocenters. The van der Waals surface area contributed by atoms with Gasteiger partial charge in [0.2, 0.25) is 5.88 Å². The minimum atomic E-state index is -0.777. The predicted molar refractivity (Wildman–Crippen MR) is 95.9 cm³/mol. The molecule has 0 aliphatic carbocycles. The van der Waals surface area contributed by atoms with Crippen molar-refractivity contribution in [3.05, 3.63) is 48.4 Å². The van der Waals surface area contributed by atoms with Crippen LogP contribution in [0.4, 0.5) is 0 Å². The fourth-order valence-electron chi connectivity index (χ4n) is 2.17. The topological polar surface area (TPSA) is 129 Å². The molecule has 0 aliphatic rings. The molecule has 28 heavy (non-hydrogen) atoms. The van der Waals surface area contributed by atoms with Crippen LogP contribution in [0.25, 0.3) is 0 Å². The van der Waals surface area contributed by atoms with E-state index in [0.717, 1.165) is 0 Å². The summed E-state index contributed by atoms with van der Waals surface area (Å²) in [5.74, 6) is -0.845. The normalized spacial score (nSPS) is 9.64. The maximum absolute atomic E-state index is 12.4. The van der Waals surface area contributed by atoms with Gasteiger partial charge in [-0.25, -0.2) is 9.78 Å². The third-order valence-electron chi connectivity index (χ3n) is 3.51. The van der Waals surface area contributed by atoms with Crippen LogP contribution in [0.15, 0.2) is 42.9 Å². The van der Waals surface area contributed by atoms with Crippen LogP contribution >= 0.6 is 0 Å². The van der Waals surface area contributed by atoms with Gasteiger partial charge in [-0.1, -0.05) is 0 Å². The number of hydrogen-bond acceptors (Lipinski definition) is 8. The van der Waals surface area contributed by atoms with Gasteiger partial charge in [0.05, 0.1) is 31.2 Å². The van der Waals surface area contributed by atoms with Crippen molar-refractivity contribution in [2.45, 2.75) is 12.8 Å². The maximum atomic E-state index is 12.4. The minimum absolute atomic E-state index is 0.0266. The second-order valence-corrected chi connectivity index (χ2v) is 5.42. The highest BCUT2D eigenvalue weighted by molar-refractivity contribution is 5.93. The van der Waals surface area contributed by atoms with Gasteiger partial charge in [-0.2, -0.15) is 10.5 Å². The van der Waals surface area contributed by atoms with Crippen molar-refractivity contribution >= 4 is 11.9 Å². The first kappa shape index (κ1) is 20.3. The summed E-state index contributed by atoms with van der Waals surface area (Å²) in [6.07, 6.45) is 4.75. The Labute approximate surface area is 161 Å². The Morgan fingerprint density at radius 1 is 1.07 bits per heavy atom. The molecule has 0 aromatic carbocycles. The summed E-state index contributed by atoms with van der Waals surface area (Å²) in [7, 11) is 0. The van der Waals surface area contributed by atoms with Crippen molar-refractivity contribution in [3.8, 4) is 23.8 Å². The second kappa shape index (κ2) is 10.9. The van der Waals surface area contributed by atoms with Crippen molar-refractivity contribution in [2.24, 2.45) is 0 Å². The van der Waals surface area contributed by atoms with Crippen LogP contribution < -0.4 is 4.74 Å². The van der Waals surface area contributed by atoms with E-state index < -0.39 is 18.5 Å². The Bertz CT molecular complexity index is 871. The van der Waals surface area contributed by atoms with Crippen molar-refractivity contribution in [2.75, 3.05) is 19.7 Å². The number of aromatic nitrogens is 2. The van der Waals surface area contributed by atoms with Gasteiger partial charge in [-0.05, 0) is 24.3 Å². The number of esters is 1. The number of pyridine rings is 2. The van der Waals surface area contributed by atoms with Crippen LogP contribution in [-0.2, 0) is 9.53 Å². The molecule has 2 aromatic heterocycles. The molecule has 0 fully saturated rings. The van der Waals surface area contributed by atoms with Crippen molar-refractivity contribution < 1.29 is 19.1 Å². The number of carbonyl (C=O) groups excluding carboxylic acids is 2. The Morgan fingerprint density at radius 3 is 2.43 bits per heavy atom. The van der Waals surface area contributed by atoms with Crippen LogP contribution in [0.5, 0.6) is 11.6 Å². The molecule has 0 saturated heterocycles. The van der Waals surface area contributed by atoms with Crippen LogP contribution in [0.3, 0.4) is 0 Å². The van der Waals surface area contributed by atoms with E-state index in [-0.39, 0.29) is 37.4 Å². The van der Waals surface area contributed by atoms with Gasteiger partial charge in [0, 0.05) is 25.5 Å². The highest BCUT2D eigenvalue weighted by atomic mass is 16.5. The molecule has 0 radical (unpaired) electrons. The van der Waals surface area contributed by atoms with Gasteiger partial charge < -0.3 is 14.4 Å². The highest BCUT2D eigenvalue weighted by Crippen LogP contribution is 2.22. The SMILES string of the molecule is N#CCCN(CCC#N)C(=O)COC(=O)c1cccnc1Oc1cccnc1. The van der Waals surface area contributed by atoms with E-state index in [1.54, 1.807) is 24.4 Å². The molecule has 0 saturated carbocycles. The van der Waals surface area contributed by atoms with Crippen molar-refractivity contribution in [3.63, 3.8) is 0 Å². The van der Waals surface area contributed by atoms with Gasteiger partial charge in [-0.15, -0.1) is 0 Å². The second-order valence-electron chi connectivity index (χ2n) is 5.42. The predicted octanol–water partition coefficient (Wildman–Crippen LogP) is 2.08. The molecule has 142 valence electrons. The van der Waals surface area contributed by atoms with E-state index >= 15 is 0 Å². The number of nitrogens with zero attached hydrogens (tertiary/aromatic N) is 5. The van der Waals surface area contributed by atoms with Gasteiger partial charge in [-0.3, -0.25) is 9.78 Å². The number of rotatable bonds is 9. The van der Waals surface area contributed by atoms with Crippen LogP contribution in [-0.4, -0.2) is 46.4 Å². The van der Waals surface area contributed by atoms with E-state index in [2.05, 4.69) is 9.97 Å². The lowest BCUT2D eigenvalue weighted by Crippen LogP contribution is -2.36. The third-order valence-corrected chi connectivity index (χ3v) is 3.51. The van der Waals surface area contributed by atoms with E-state index in [1.165, 1.54) is 23.4 Å². The molecule has 0 aliphatic heterocycles. The zero-order valence-corrected chi connectivity index (χ0v) is 14.9. The largest absolute Gasteiger partial charge is 0.452 e. The minimum Gasteiger partial charge on any atom is -0.452 e. The van der Waals surface area contributed by atoms with E-state index in [0.29, 0.717) is 5.75 Å². The average molecular weight is 379 g/mol. The molecule has 1 amide bonds. The Hall–Kier alpha value is -3.98. The molecule has 2 aromatic rings. The maximum Gasteiger partial charge on any atom is 0.344 e. The Morgan fingerprint density at radius 2 is 1.79 bits per heavy atom. The summed E-state index contributed by atoms with van der Waals surface area (Å²) >= 11 is 0. The molecular weight excluding hydrogens is 362 g/mol. The summed E-state index contributed by atoms with van der Waals surface area (Å²) in [6.45, 7) is -0.190. The highest BCUT2D eigenvalue weighted by Gasteiger charge is 2.19. The average Bonchev–Trinajstić information content (AvgIpc) is 2.73. The van der Waals surface area contributed by atoms with E-state index in [4.69, 9.17) is 20.0 Å². The van der Waals surface area contributed by atoms with Crippen molar-refractivity contribution in [1.82, 2.24) is 14.9 Å². The summed E-state index contributed by atoms with van der Waals surface area (Å²) in [5, 5.41) is 17.4. The summed E-state index contributed by atoms with van der Waals surface area (Å²) in [4.78, 5) is 33.9. The molecule has 2 heterocycles. The zero-order chi connectivity index (χ0) is 20.2. The first-order chi connectivity index (χ1) is 13.7. The number of hydrogen-bond donors (Lipinski definition) is 0. The number of ether oxygens (including phenoxy) is 2. The fraction of sp³-hybridized carbons (Fsp3) is 0.263. The van der Waals surface area contributed by atoms with Gasteiger partial charge in [0.15, 0.2) is 6.61 Å². The summed E-state index contributed by atoms with van der Waals surface area (Å²) in [6, 6.07) is 10.2. The number of nitriles is 2. The number of amides is 1. The summed E-state index contributed by atoms with van der Waals surface area (Å²) in [5.41, 5.74) is 0.0553. The van der Waals surface area contributed by atoms with Crippen LogP contribution in [0.2, 0.25) is 0 Å². The lowest BCUT2D eigenvalue weighted by molar-refractivity contribution is -0.134. The molecule has 9 nitrogen and oxygen atoms in total. The van der Waals surface area contributed by atoms with Gasteiger partial charge >= 0.3 is 5.97 Å². The fourth-order valence-corrected chi connectivity index (χ4v) is 2.17. The molecule has 0 bridgehead atoms. The summed E-state index contributed by atoms with van der Waals surface area (Å²) < 4.78 is 10.6. The van der Waals surface area contributed by atoms with E-state index in [1.807, 2.05) is 12.1 Å². The van der Waals surface area contributed by atoms with Crippen LogP contribution in [0.1, 0.15) is 23.2 Å². The first-order valence-corrected chi connectivity index (χ1v) is 8.37. The van der Waals surface area contributed by atoms with Crippen molar-refractivity contribution in [1.29, 1.82) is 10.5 Å². The standard InChI is InChI=1S/C19H17N5O4/c20-7-3-11-24(12-4-8-21)17(25)14-27-19(26)16-6-2-10-23-18(16)28-15-5-1-9-22-13-15/h1-2,5-6,9-10,13H,3-4,11-12,14H2. The first-order valence-electron chi connectivity index (χ1n) is 8.37. The molecular formula is C19H17N5O4. The molecule has 0 spiro atoms. The lowest BCUT2D eigenvalue weighted by Gasteiger charge is -2.20. The molecule has 0 atom stereocenters. The van der Waals surface area contributed by atoms with Crippen LogP contribution in [0, 0.1) is 22.7 Å². The van der Waals surface area contributed by atoms with Gasteiger partial charge in [0.25, 0.3) is 5.91 Å². The monoisotopic (exact) mass is 379 g/mol. The Balaban J connectivity index is 2.01. The zero-order valence-electron chi connectivity index (χ0n) is 14.9. The van der Waals surface area contributed by atoms with Gasteiger partial charge in [0.1, 0.15) is 11.3 Å². The Kier molecular flexibility index (Phi) is 7.91. The molecule has 2 rings (SSSR count). The molecule has 9 heteroatoms. The quantitative estimate of drug-likeness (QED) is 0.606. The lowest BCUT2D eigenvalue weighted by atomic mass is 10.3. The number of carbonyl (C=O) groups is 2. The van der Waals surface area contributed by atoms with E-state index in [9.17, 15) is 9.59 Å². The third kappa shape index (κ3) is 6.07. The molecule has 0 N–H and O–H groups in total. The smallest absolute Gasteiger partial charge is 0.344 e.